The molecule has 1 aliphatic rings. The molecule has 1 amide bonds. The molecule has 23 heavy (non-hydrogen) atoms. The molecular weight excluding hydrogens is 288 g/mol. The van der Waals surface area contributed by atoms with E-state index in [0.717, 1.165) is 31.6 Å². The third-order valence-corrected chi connectivity index (χ3v) is 5.49. The lowest BCUT2D eigenvalue weighted by Crippen LogP contribution is -2.64. The van der Waals surface area contributed by atoms with Crippen LogP contribution in [0, 0.1) is 5.41 Å². The Balaban J connectivity index is 1.91. The Labute approximate surface area is 140 Å². The number of likely N-dealkylation sites (N-methyl/N-ethyl adjacent to an activating group) is 1. The number of nitrogens with one attached hydrogen (secondary N) is 1. The highest BCUT2D eigenvalue weighted by atomic mass is 16.5. The fourth-order valence-electron chi connectivity index (χ4n) is 3.79. The van der Waals surface area contributed by atoms with Crippen LogP contribution in [0.2, 0.25) is 0 Å². The van der Waals surface area contributed by atoms with Gasteiger partial charge in [0.15, 0.2) is 0 Å². The molecule has 0 heterocycles. The van der Waals surface area contributed by atoms with Gasteiger partial charge in [-0.2, -0.15) is 0 Å². The Morgan fingerprint density at radius 1 is 1.26 bits per heavy atom. The number of para-hydroxylation sites is 1. The summed E-state index contributed by atoms with van der Waals surface area (Å²) in [6, 6.07) is 10.1. The van der Waals surface area contributed by atoms with Crippen LogP contribution in [0.5, 0.6) is 0 Å². The van der Waals surface area contributed by atoms with E-state index in [9.17, 15) is 4.79 Å². The van der Waals surface area contributed by atoms with Crippen LogP contribution in [0.25, 0.3) is 0 Å². The zero-order chi connectivity index (χ0) is 16.9. The van der Waals surface area contributed by atoms with Crippen molar-refractivity contribution >= 4 is 11.6 Å². The average Bonchev–Trinajstić information content (AvgIpc) is 2.58. The third kappa shape index (κ3) is 3.59. The Hall–Kier alpha value is -1.39. The van der Waals surface area contributed by atoms with Gasteiger partial charge in [-0.1, -0.05) is 32.0 Å². The van der Waals surface area contributed by atoms with Gasteiger partial charge in [-0.25, -0.2) is 0 Å². The molecule has 1 aromatic rings. The molecule has 0 aliphatic heterocycles. The van der Waals surface area contributed by atoms with E-state index >= 15 is 0 Å². The summed E-state index contributed by atoms with van der Waals surface area (Å²) in [6.45, 7) is 7.63. The molecule has 128 valence electrons. The zero-order valence-electron chi connectivity index (χ0n) is 14.8. The van der Waals surface area contributed by atoms with Gasteiger partial charge in [0, 0.05) is 30.8 Å². The first-order valence-corrected chi connectivity index (χ1v) is 8.75. The van der Waals surface area contributed by atoms with E-state index in [1.165, 1.54) is 0 Å². The topological polar surface area (TPSA) is 41.6 Å². The lowest BCUT2D eigenvalue weighted by atomic mass is 9.58. The molecular formula is C19H30N2O2. The zero-order valence-corrected chi connectivity index (χ0v) is 14.8. The lowest BCUT2D eigenvalue weighted by molar-refractivity contribution is -0.140. The quantitative estimate of drug-likeness (QED) is 0.800. The number of carbonyl (C=O) groups excluding carboxylic acids is 1. The van der Waals surface area contributed by atoms with Gasteiger partial charge in [0.25, 0.3) is 0 Å². The summed E-state index contributed by atoms with van der Waals surface area (Å²) in [5, 5.41) is 3.48. The highest BCUT2D eigenvalue weighted by molar-refractivity contribution is 5.94. The maximum Gasteiger partial charge on any atom is 0.240 e. The summed E-state index contributed by atoms with van der Waals surface area (Å²) in [5.74, 6) is 0.0946. The van der Waals surface area contributed by atoms with Gasteiger partial charge in [-0.3, -0.25) is 4.79 Å². The number of hydrogen-bond donors (Lipinski definition) is 1. The minimum absolute atomic E-state index is 0.0946. The molecule has 1 N–H and O–H groups in total. The van der Waals surface area contributed by atoms with Crippen LogP contribution >= 0.6 is 0 Å². The predicted molar refractivity (Wildman–Crippen MR) is 94.7 cm³/mol. The average molecular weight is 318 g/mol. The Morgan fingerprint density at radius 3 is 2.48 bits per heavy atom. The Kier molecular flexibility index (Phi) is 6.19. The minimum Gasteiger partial charge on any atom is -0.378 e. The molecule has 0 bridgehead atoms. The van der Waals surface area contributed by atoms with Crippen LogP contribution < -0.4 is 10.2 Å². The number of ether oxygens (including phenoxy) is 1. The maximum absolute atomic E-state index is 12.4. The summed E-state index contributed by atoms with van der Waals surface area (Å²) in [5.41, 5.74) is 1.10. The largest absolute Gasteiger partial charge is 0.378 e. The molecule has 2 atom stereocenters. The third-order valence-electron chi connectivity index (χ3n) is 5.49. The fraction of sp³-hybridized carbons (Fsp3) is 0.632. The van der Waals surface area contributed by atoms with Crippen molar-refractivity contribution in [2.75, 3.05) is 25.1 Å². The molecule has 0 radical (unpaired) electrons. The van der Waals surface area contributed by atoms with Crippen molar-refractivity contribution in [2.45, 2.75) is 52.2 Å². The second-order valence-electron chi connectivity index (χ2n) is 6.34. The number of carbonyl (C=O) groups is 1. The number of hydrogen-bond acceptors (Lipinski definition) is 3. The maximum atomic E-state index is 12.4. The summed E-state index contributed by atoms with van der Waals surface area (Å²) < 4.78 is 5.89. The summed E-state index contributed by atoms with van der Waals surface area (Å²) >= 11 is 0. The van der Waals surface area contributed by atoms with Gasteiger partial charge in [-0.05, 0) is 38.3 Å². The van der Waals surface area contributed by atoms with Crippen LogP contribution in [-0.2, 0) is 9.53 Å². The first-order valence-electron chi connectivity index (χ1n) is 8.75. The van der Waals surface area contributed by atoms with Crippen molar-refractivity contribution in [3.05, 3.63) is 30.3 Å². The van der Waals surface area contributed by atoms with E-state index in [1.807, 2.05) is 37.4 Å². The first kappa shape index (κ1) is 18.0. The van der Waals surface area contributed by atoms with Crippen molar-refractivity contribution in [3.8, 4) is 0 Å². The molecule has 0 spiro atoms. The number of benzene rings is 1. The molecule has 1 saturated carbocycles. The standard InChI is InChI=1S/C19H30N2O2/c1-5-19(6-2)16(13-17(19)23-7-3)20-14-18(22)21(4)15-11-9-8-10-12-15/h8-12,16-17,20H,5-7,13-14H2,1-4H3/t16-,17+/m1/s1. The van der Waals surface area contributed by atoms with E-state index < -0.39 is 0 Å². The second-order valence-corrected chi connectivity index (χ2v) is 6.34. The van der Waals surface area contributed by atoms with Gasteiger partial charge in [-0.15, -0.1) is 0 Å². The van der Waals surface area contributed by atoms with E-state index in [0.29, 0.717) is 18.7 Å². The van der Waals surface area contributed by atoms with Gasteiger partial charge < -0.3 is 15.0 Å². The van der Waals surface area contributed by atoms with Crippen LogP contribution in [0.4, 0.5) is 5.69 Å². The SMILES string of the molecule is CCO[C@H]1C[C@@H](NCC(=O)N(C)c2ccccc2)C1(CC)CC. The van der Waals surface area contributed by atoms with Crippen LogP contribution in [0.3, 0.4) is 0 Å². The smallest absolute Gasteiger partial charge is 0.240 e. The van der Waals surface area contributed by atoms with Crippen molar-refractivity contribution in [1.29, 1.82) is 0 Å². The minimum atomic E-state index is 0.0946. The molecule has 1 aliphatic carbocycles. The van der Waals surface area contributed by atoms with Crippen molar-refractivity contribution in [2.24, 2.45) is 5.41 Å². The number of rotatable bonds is 8. The predicted octanol–water partition coefficient (Wildman–Crippen LogP) is 3.22. The molecule has 4 nitrogen and oxygen atoms in total. The van der Waals surface area contributed by atoms with Crippen molar-refractivity contribution in [1.82, 2.24) is 5.32 Å². The van der Waals surface area contributed by atoms with Crippen LogP contribution in [0.15, 0.2) is 30.3 Å². The van der Waals surface area contributed by atoms with E-state index in [4.69, 9.17) is 4.74 Å². The van der Waals surface area contributed by atoms with Gasteiger partial charge in [0.05, 0.1) is 12.6 Å². The van der Waals surface area contributed by atoms with E-state index in [-0.39, 0.29) is 11.3 Å². The van der Waals surface area contributed by atoms with E-state index in [2.05, 4.69) is 26.1 Å². The highest BCUT2D eigenvalue weighted by Crippen LogP contribution is 2.48. The molecule has 2 rings (SSSR count). The molecule has 1 aromatic carbocycles. The van der Waals surface area contributed by atoms with Crippen LogP contribution in [-0.4, -0.2) is 38.3 Å². The fourth-order valence-corrected chi connectivity index (χ4v) is 3.79. The van der Waals surface area contributed by atoms with Gasteiger partial charge in [0.1, 0.15) is 0 Å². The van der Waals surface area contributed by atoms with Crippen LogP contribution in [0.1, 0.15) is 40.0 Å². The lowest BCUT2D eigenvalue weighted by Gasteiger charge is -2.55. The van der Waals surface area contributed by atoms with Crippen molar-refractivity contribution < 1.29 is 9.53 Å². The van der Waals surface area contributed by atoms with Gasteiger partial charge in [0.2, 0.25) is 5.91 Å². The molecule has 1 fully saturated rings. The number of amides is 1. The summed E-state index contributed by atoms with van der Waals surface area (Å²) in [6.07, 6.45) is 3.47. The summed E-state index contributed by atoms with van der Waals surface area (Å²) in [4.78, 5) is 14.1. The number of nitrogens with zero attached hydrogens (tertiary/aromatic N) is 1. The molecule has 0 aromatic heterocycles. The van der Waals surface area contributed by atoms with E-state index in [1.54, 1.807) is 4.90 Å². The highest BCUT2D eigenvalue weighted by Gasteiger charge is 2.53. The molecule has 0 unspecified atom stereocenters. The molecule has 4 heteroatoms. The summed E-state index contributed by atoms with van der Waals surface area (Å²) in [7, 11) is 1.83. The van der Waals surface area contributed by atoms with Crippen molar-refractivity contribution in [3.63, 3.8) is 0 Å². The Morgan fingerprint density at radius 2 is 1.91 bits per heavy atom. The molecule has 0 saturated heterocycles. The Bertz CT molecular complexity index is 499. The first-order chi connectivity index (χ1) is 11.1. The second kappa shape index (κ2) is 7.93. The monoisotopic (exact) mass is 318 g/mol. The normalized spacial score (nSPS) is 22.4. The van der Waals surface area contributed by atoms with Gasteiger partial charge >= 0.3 is 0 Å². The number of anilines is 1.